The first-order valence-electron chi connectivity index (χ1n) is 7.94. The summed E-state index contributed by atoms with van der Waals surface area (Å²) in [5, 5.41) is 3.04. The molecule has 5 nitrogen and oxygen atoms in total. The van der Waals surface area contributed by atoms with Gasteiger partial charge in [-0.1, -0.05) is 12.8 Å². The summed E-state index contributed by atoms with van der Waals surface area (Å²) in [4.78, 5) is 12.8. The number of carbonyl (C=O) groups excluding carboxylic acids is 1. The predicted octanol–water partition coefficient (Wildman–Crippen LogP) is 2.13. The van der Waals surface area contributed by atoms with E-state index in [1.165, 1.54) is 24.2 Å². The summed E-state index contributed by atoms with van der Waals surface area (Å²) in [7, 11) is -3.36. The predicted molar refractivity (Wildman–Crippen MR) is 86.4 cm³/mol. The van der Waals surface area contributed by atoms with Crippen LogP contribution < -0.4 is 5.32 Å². The first-order valence-corrected chi connectivity index (χ1v) is 10.2. The number of hydrogen-bond acceptors (Lipinski definition) is 4. The quantitative estimate of drug-likeness (QED) is 0.891. The van der Waals surface area contributed by atoms with Crippen molar-refractivity contribution in [2.24, 2.45) is 0 Å². The van der Waals surface area contributed by atoms with Gasteiger partial charge in [-0.2, -0.15) is 4.31 Å². The van der Waals surface area contributed by atoms with Gasteiger partial charge in [0, 0.05) is 24.0 Å². The molecule has 1 aliphatic heterocycles. The molecular formula is C15H22N2O3S2. The lowest BCUT2D eigenvalue weighted by molar-refractivity contribution is -0.121. The Bertz CT molecular complexity index is 627. The third-order valence-corrected chi connectivity index (χ3v) is 7.80. The molecule has 1 aromatic rings. The largest absolute Gasteiger partial charge is 0.353 e. The van der Waals surface area contributed by atoms with Crippen LogP contribution in [0.3, 0.4) is 0 Å². The van der Waals surface area contributed by atoms with Gasteiger partial charge in [0.05, 0.1) is 6.42 Å². The van der Waals surface area contributed by atoms with E-state index in [0.717, 1.165) is 30.6 Å². The second-order valence-electron chi connectivity index (χ2n) is 6.06. The van der Waals surface area contributed by atoms with E-state index in [1.54, 1.807) is 16.4 Å². The molecule has 1 saturated carbocycles. The Hall–Kier alpha value is -0.920. The highest BCUT2D eigenvalue weighted by molar-refractivity contribution is 7.91. The average Bonchev–Trinajstić information content (AvgIpc) is 3.21. The molecule has 0 radical (unpaired) electrons. The molecule has 0 atom stereocenters. The SMILES string of the molecule is O=C(Cc1ccc(S(=O)(=O)N2CCCC2)s1)NC1CCCC1. The average molecular weight is 342 g/mol. The van der Waals surface area contributed by atoms with Crippen LogP contribution in [0.1, 0.15) is 43.4 Å². The van der Waals surface area contributed by atoms with Gasteiger partial charge < -0.3 is 5.32 Å². The molecule has 2 heterocycles. The van der Waals surface area contributed by atoms with Crippen LogP contribution in [0, 0.1) is 0 Å². The summed E-state index contributed by atoms with van der Waals surface area (Å²) >= 11 is 1.22. The van der Waals surface area contributed by atoms with Crippen LogP contribution in [0.5, 0.6) is 0 Å². The van der Waals surface area contributed by atoms with Gasteiger partial charge in [-0.15, -0.1) is 11.3 Å². The number of rotatable bonds is 5. The molecule has 2 fully saturated rings. The van der Waals surface area contributed by atoms with Crippen LogP contribution in [-0.2, 0) is 21.2 Å². The van der Waals surface area contributed by atoms with E-state index in [4.69, 9.17) is 0 Å². The van der Waals surface area contributed by atoms with E-state index in [0.29, 0.717) is 23.3 Å². The van der Waals surface area contributed by atoms with Crippen LogP contribution >= 0.6 is 11.3 Å². The molecule has 0 aromatic carbocycles. The number of nitrogens with zero attached hydrogens (tertiary/aromatic N) is 1. The van der Waals surface area contributed by atoms with Crippen LogP contribution in [0.25, 0.3) is 0 Å². The molecule has 1 amide bonds. The number of thiophene rings is 1. The Morgan fingerprint density at radius 2 is 1.86 bits per heavy atom. The van der Waals surface area contributed by atoms with Gasteiger partial charge in [-0.3, -0.25) is 4.79 Å². The summed E-state index contributed by atoms with van der Waals surface area (Å²) < 4.78 is 26.8. The highest BCUT2D eigenvalue weighted by Crippen LogP contribution is 2.27. The van der Waals surface area contributed by atoms with E-state index in [9.17, 15) is 13.2 Å². The molecule has 0 spiro atoms. The van der Waals surface area contributed by atoms with Crippen LogP contribution in [0.15, 0.2) is 16.3 Å². The van der Waals surface area contributed by atoms with Crippen molar-refractivity contribution in [2.75, 3.05) is 13.1 Å². The monoisotopic (exact) mass is 342 g/mol. The highest BCUT2D eigenvalue weighted by atomic mass is 32.2. The summed E-state index contributed by atoms with van der Waals surface area (Å²) in [6, 6.07) is 3.71. The Balaban J connectivity index is 1.62. The topological polar surface area (TPSA) is 66.5 Å². The molecule has 0 unspecified atom stereocenters. The lowest BCUT2D eigenvalue weighted by Crippen LogP contribution is -2.33. The molecule has 2 aliphatic rings. The van der Waals surface area contributed by atoms with E-state index in [2.05, 4.69) is 5.32 Å². The summed E-state index contributed by atoms with van der Waals surface area (Å²) in [6.07, 6.45) is 6.62. The van der Waals surface area contributed by atoms with E-state index in [1.807, 2.05) is 0 Å². The number of nitrogens with one attached hydrogen (secondary N) is 1. The maximum Gasteiger partial charge on any atom is 0.252 e. The molecule has 122 valence electrons. The van der Waals surface area contributed by atoms with Crippen molar-refractivity contribution >= 4 is 27.3 Å². The smallest absolute Gasteiger partial charge is 0.252 e. The standard InChI is InChI=1S/C15H22N2O3S2/c18-14(16-12-5-1-2-6-12)11-13-7-8-15(21-13)22(19,20)17-9-3-4-10-17/h7-8,12H,1-6,9-11H2,(H,16,18). The normalized spacial score (nSPS) is 20.5. The van der Waals surface area contributed by atoms with Crippen molar-refractivity contribution in [1.29, 1.82) is 0 Å². The van der Waals surface area contributed by atoms with Crippen molar-refractivity contribution in [3.8, 4) is 0 Å². The van der Waals surface area contributed by atoms with Crippen LogP contribution in [0.4, 0.5) is 0 Å². The number of carbonyl (C=O) groups is 1. The Labute approximate surface area is 135 Å². The summed E-state index contributed by atoms with van der Waals surface area (Å²) in [5.74, 6) is -0.00105. The molecule has 1 aromatic heterocycles. The lowest BCUT2D eigenvalue weighted by Gasteiger charge is -2.13. The zero-order valence-corrected chi connectivity index (χ0v) is 14.2. The molecule has 7 heteroatoms. The van der Waals surface area contributed by atoms with Gasteiger partial charge in [0.15, 0.2) is 0 Å². The van der Waals surface area contributed by atoms with Crippen molar-refractivity contribution in [1.82, 2.24) is 9.62 Å². The fourth-order valence-electron chi connectivity index (χ4n) is 3.15. The van der Waals surface area contributed by atoms with Gasteiger partial charge in [-0.25, -0.2) is 8.42 Å². The van der Waals surface area contributed by atoms with Gasteiger partial charge in [-0.05, 0) is 37.8 Å². The Morgan fingerprint density at radius 3 is 2.55 bits per heavy atom. The molecule has 22 heavy (non-hydrogen) atoms. The molecule has 1 N–H and O–H groups in total. The molecule has 3 rings (SSSR count). The highest BCUT2D eigenvalue weighted by Gasteiger charge is 2.28. The molecule has 1 saturated heterocycles. The second kappa shape index (κ2) is 6.68. The maximum atomic E-state index is 12.4. The summed E-state index contributed by atoms with van der Waals surface area (Å²) in [5.41, 5.74) is 0. The van der Waals surface area contributed by atoms with E-state index >= 15 is 0 Å². The first kappa shape index (κ1) is 16.0. The fraction of sp³-hybridized carbons (Fsp3) is 0.667. The van der Waals surface area contributed by atoms with Gasteiger partial charge in [0.25, 0.3) is 10.0 Å². The minimum Gasteiger partial charge on any atom is -0.353 e. The third kappa shape index (κ3) is 3.52. The molecular weight excluding hydrogens is 320 g/mol. The zero-order valence-electron chi connectivity index (χ0n) is 12.6. The van der Waals surface area contributed by atoms with Gasteiger partial charge >= 0.3 is 0 Å². The van der Waals surface area contributed by atoms with E-state index in [-0.39, 0.29) is 12.3 Å². The number of hydrogen-bond donors (Lipinski definition) is 1. The fourth-order valence-corrected chi connectivity index (χ4v) is 6.18. The molecule has 1 aliphatic carbocycles. The van der Waals surface area contributed by atoms with Crippen LogP contribution in [0.2, 0.25) is 0 Å². The Morgan fingerprint density at radius 1 is 1.18 bits per heavy atom. The van der Waals surface area contributed by atoms with E-state index < -0.39 is 10.0 Å². The van der Waals surface area contributed by atoms with Gasteiger partial charge in [0.1, 0.15) is 4.21 Å². The van der Waals surface area contributed by atoms with Crippen molar-refractivity contribution in [2.45, 2.75) is 55.2 Å². The summed E-state index contributed by atoms with van der Waals surface area (Å²) in [6.45, 7) is 1.22. The Kier molecular flexibility index (Phi) is 4.84. The minimum absolute atomic E-state index is 0.00105. The zero-order chi connectivity index (χ0) is 15.6. The lowest BCUT2D eigenvalue weighted by atomic mass is 10.2. The van der Waals surface area contributed by atoms with Gasteiger partial charge in [0.2, 0.25) is 5.91 Å². The van der Waals surface area contributed by atoms with Crippen molar-refractivity contribution < 1.29 is 13.2 Å². The first-order chi connectivity index (χ1) is 10.6. The number of sulfonamides is 1. The maximum absolute atomic E-state index is 12.4. The minimum atomic E-state index is -3.36. The van der Waals surface area contributed by atoms with Crippen molar-refractivity contribution in [3.63, 3.8) is 0 Å². The second-order valence-corrected chi connectivity index (χ2v) is 9.39. The molecule has 0 bridgehead atoms. The van der Waals surface area contributed by atoms with Crippen LogP contribution in [-0.4, -0.2) is 37.8 Å². The number of amides is 1. The third-order valence-electron chi connectivity index (χ3n) is 4.35. The van der Waals surface area contributed by atoms with Crippen molar-refractivity contribution in [3.05, 3.63) is 17.0 Å².